The Balaban J connectivity index is 1.77. The smallest absolute Gasteiger partial charge is 0.261 e. The monoisotopic (exact) mass is 434 g/mol. The van der Waals surface area contributed by atoms with Crippen LogP contribution in [-0.4, -0.2) is 55.1 Å². The summed E-state index contributed by atoms with van der Waals surface area (Å²) >= 11 is 6.33. The van der Waals surface area contributed by atoms with Crippen molar-refractivity contribution >= 4 is 40.7 Å². The molecule has 0 aliphatic carbocycles. The number of hydrogen-bond acceptors (Lipinski definition) is 6. The van der Waals surface area contributed by atoms with Crippen LogP contribution in [0.1, 0.15) is 33.6 Å². The molecule has 3 rings (SSSR count). The largest absolute Gasteiger partial charge is 0.379 e. The van der Waals surface area contributed by atoms with Crippen LogP contribution < -0.4 is 15.6 Å². The first-order chi connectivity index (χ1) is 14.3. The van der Waals surface area contributed by atoms with E-state index in [0.29, 0.717) is 54.7 Å². The molecule has 2 heterocycles. The van der Waals surface area contributed by atoms with Gasteiger partial charge in [-0.05, 0) is 38.5 Å². The Hall–Kier alpha value is -2.42. The number of ether oxygens (including phenoxy) is 1. The van der Waals surface area contributed by atoms with Crippen LogP contribution in [0.25, 0.3) is 0 Å². The number of nitrogens with one attached hydrogen (secondary N) is 2. The summed E-state index contributed by atoms with van der Waals surface area (Å²) in [5, 5.41) is 5.38. The van der Waals surface area contributed by atoms with Gasteiger partial charge in [0.15, 0.2) is 0 Å². The molecule has 2 aliphatic rings. The Morgan fingerprint density at radius 1 is 1.23 bits per heavy atom. The van der Waals surface area contributed by atoms with Gasteiger partial charge in [0.1, 0.15) is 6.04 Å². The lowest BCUT2D eigenvalue weighted by atomic mass is 10.1. The predicted molar refractivity (Wildman–Crippen MR) is 115 cm³/mol. The van der Waals surface area contributed by atoms with Gasteiger partial charge in [-0.25, -0.2) is 9.91 Å². The van der Waals surface area contributed by atoms with Crippen molar-refractivity contribution in [3.63, 3.8) is 0 Å². The highest BCUT2D eigenvalue weighted by Crippen LogP contribution is 2.33. The molecule has 0 spiro atoms. The lowest BCUT2D eigenvalue weighted by Crippen LogP contribution is -2.52. The number of imide groups is 1. The van der Waals surface area contributed by atoms with Gasteiger partial charge >= 0.3 is 0 Å². The fraction of sp³-hybridized carbons (Fsp3) is 0.476. The van der Waals surface area contributed by atoms with Gasteiger partial charge in [-0.15, -0.1) is 0 Å². The molecular weight excluding hydrogens is 408 g/mol. The third kappa shape index (κ3) is 4.83. The molecule has 2 saturated heterocycles. The molecule has 2 aliphatic heterocycles. The second kappa shape index (κ2) is 9.59. The Morgan fingerprint density at radius 2 is 1.93 bits per heavy atom. The number of benzene rings is 1. The van der Waals surface area contributed by atoms with E-state index in [1.165, 1.54) is 4.90 Å². The maximum atomic E-state index is 12.7. The number of allylic oxidation sites excluding steroid dienone is 1. The molecule has 162 valence electrons. The zero-order chi connectivity index (χ0) is 21.8. The molecule has 0 saturated carbocycles. The van der Waals surface area contributed by atoms with Gasteiger partial charge in [0.05, 0.1) is 36.0 Å². The van der Waals surface area contributed by atoms with E-state index in [1.807, 2.05) is 25.8 Å². The SMILES string of the molecule is CCC(Nc1cc(N2C(=O)CC(=C(C)C)C2=O)ccc1Cl)C(=O)NN1CCOCC1. The molecule has 0 bridgehead atoms. The van der Waals surface area contributed by atoms with Crippen LogP contribution in [0.2, 0.25) is 5.02 Å². The average molecular weight is 435 g/mol. The van der Waals surface area contributed by atoms with Gasteiger partial charge in [-0.3, -0.25) is 19.8 Å². The third-order valence-corrected chi connectivity index (χ3v) is 5.51. The minimum Gasteiger partial charge on any atom is -0.379 e. The predicted octanol–water partition coefficient (Wildman–Crippen LogP) is 2.49. The first-order valence-electron chi connectivity index (χ1n) is 10.0. The third-order valence-electron chi connectivity index (χ3n) is 5.18. The maximum absolute atomic E-state index is 12.7. The number of hydrogen-bond donors (Lipinski definition) is 2. The van der Waals surface area contributed by atoms with Gasteiger partial charge in [0, 0.05) is 18.7 Å². The summed E-state index contributed by atoms with van der Waals surface area (Å²) in [5.41, 5.74) is 5.16. The van der Waals surface area contributed by atoms with Crippen molar-refractivity contribution in [2.24, 2.45) is 0 Å². The van der Waals surface area contributed by atoms with Gasteiger partial charge in [-0.1, -0.05) is 24.1 Å². The Labute approximate surface area is 181 Å². The molecule has 9 heteroatoms. The first kappa shape index (κ1) is 22.3. The van der Waals surface area contributed by atoms with Crippen molar-refractivity contribution in [3.05, 3.63) is 34.4 Å². The van der Waals surface area contributed by atoms with E-state index in [9.17, 15) is 14.4 Å². The quantitative estimate of drug-likeness (QED) is 0.528. The normalized spacial score (nSPS) is 18.5. The van der Waals surface area contributed by atoms with Crippen LogP contribution in [0, 0.1) is 0 Å². The van der Waals surface area contributed by atoms with E-state index in [2.05, 4.69) is 10.7 Å². The number of halogens is 1. The zero-order valence-corrected chi connectivity index (χ0v) is 18.2. The van der Waals surface area contributed by atoms with Crippen LogP contribution in [-0.2, 0) is 19.1 Å². The van der Waals surface area contributed by atoms with Crippen LogP contribution in [0.15, 0.2) is 29.3 Å². The van der Waals surface area contributed by atoms with E-state index >= 15 is 0 Å². The minimum absolute atomic E-state index is 0.0894. The molecule has 8 nitrogen and oxygen atoms in total. The molecule has 2 fully saturated rings. The van der Waals surface area contributed by atoms with Crippen molar-refractivity contribution in [3.8, 4) is 0 Å². The van der Waals surface area contributed by atoms with E-state index in [-0.39, 0.29) is 24.1 Å². The van der Waals surface area contributed by atoms with Crippen molar-refractivity contribution < 1.29 is 19.1 Å². The van der Waals surface area contributed by atoms with Crippen molar-refractivity contribution in [1.82, 2.24) is 10.4 Å². The zero-order valence-electron chi connectivity index (χ0n) is 17.5. The summed E-state index contributed by atoms with van der Waals surface area (Å²) in [6.45, 7) is 7.93. The molecule has 3 amide bonds. The fourth-order valence-electron chi connectivity index (χ4n) is 3.42. The summed E-state index contributed by atoms with van der Waals surface area (Å²) in [7, 11) is 0. The standard InChI is InChI=1S/C21H27ClN4O4/c1-4-17(20(28)24-25-7-9-30-10-8-25)23-18-11-14(5-6-16(18)22)26-19(27)12-15(13(2)3)21(26)29/h5-6,11,17,23H,4,7-10,12H2,1-3H3,(H,24,28). The number of amides is 3. The number of carbonyl (C=O) groups excluding carboxylic acids is 3. The van der Waals surface area contributed by atoms with Gasteiger partial charge in [-0.2, -0.15) is 0 Å². The molecule has 0 radical (unpaired) electrons. The lowest BCUT2D eigenvalue weighted by molar-refractivity contribution is -0.129. The number of morpholine rings is 1. The summed E-state index contributed by atoms with van der Waals surface area (Å²) in [5.74, 6) is -0.770. The van der Waals surface area contributed by atoms with E-state index in [4.69, 9.17) is 16.3 Å². The molecule has 1 aromatic rings. The molecule has 1 aromatic carbocycles. The Morgan fingerprint density at radius 3 is 2.53 bits per heavy atom. The molecule has 2 N–H and O–H groups in total. The highest BCUT2D eigenvalue weighted by molar-refractivity contribution is 6.34. The van der Waals surface area contributed by atoms with Crippen molar-refractivity contribution in [1.29, 1.82) is 0 Å². The van der Waals surface area contributed by atoms with Crippen LogP contribution in [0.3, 0.4) is 0 Å². The van der Waals surface area contributed by atoms with Crippen LogP contribution >= 0.6 is 11.6 Å². The summed E-state index contributed by atoms with van der Waals surface area (Å²) in [4.78, 5) is 39.0. The van der Waals surface area contributed by atoms with Gasteiger partial charge < -0.3 is 10.1 Å². The summed E-state index contributed by atoms with van der Waals surface area (Å²) < 4.78 is 5.29. The van der Waals surface area contributed by atoms with E-state index in [0.717, 1.165) is 5.57 Å². The molecule has 1 atom stereocenters. The Bertz CT molecular complexity index is 876. The van der Waals surface area contributed by atoms with Gasteiger partial charge in [0.25, 0.3) is 11.8 Å². The highest BCUT2D eigenvalue weighted by Gasteiger charge is 2.36. The number of carbonyl (C=O) groups is 3. The number of rotatable bonds is 6. The Kier molecular flexibility index (Phi) is 7.12. The molecule has 0 aromatic heterocycles. The average Bonchev–Trinajstić information content (AvgIpc) is 3.02. The molecule has 1 unspecified atom stereocenters. The van der Waals surface area contributed by atoms with Crippen molar-refractivity contribution in [2.75, 3.05) is 36.5 Å². The second-order valence-electron chi connectivity index (χ2n) is 7.53. The lowest BCUT2D eigenvalue weighted by Gasteiger charge is -2.29. The molecular formula is C21H27ClN4O4. The number of hydrazine groups is 1. The maximum Gasteiger partial charge on any atom is 0.261 e. The second-order valence-corrected chi connectivity index (χ2v) is 7.94. The fourth-order valence-corrected chi connectivity index (χ4v) is 3.59. The van der Waals surface area contributed by atoms with E-state index in [1.54, 1.807) is 18.2 Å². The first-order valence-corrected chi connectivity index (χ1v) is 10.4. The number of nitrogens with zero attached hydrogens (tertiary/aromatic N) is 2. The van der Waals surface area contributed by atoms with Crippen LogP contribution in [0.4, 0.5) is 11.4 Å². The highest BCUT2D eigenvalue weighted by atomic mass is 35.5. The summed E-state index contributed by atoms with van der Waals surface area (Å²) in [6, 6.07) is 4.36. The van der Waals surface area contributed by atoms with Gasteiger partial charge in [0.2, 0.25) is 5.91 Å². The minimum atomic E-state index is -0.529. The number of anilines is 2. The van der Waals surface area contributed by atoms with Crippen LogP contribution in [0.5, 0.6) is 0 Å². The molecule has 30 heavy (non-hydrogen) atoms. The topological polar surface area (TPSA) is 91.0 Å². The van der Waals surface area contributed by atoms with E-state index < -0.39 is 6.04 Å². The van der Waals surface area contributed by atoms with Crippen molar-refractivity contribution in [2.45, 2.75) is 39.7 Å². The summed E-state index contributed by atoms with van der Waals surface area (Å²) in [6.07, 6.45) is 0.617.